The first kappa shape index (κ1) is 17.0. The van der Waals surface area contributed by atoms with Gasteiger partial charge >= 0.3 is 0 Å². The van der Waals surface area contributed by atoms with Crippen LogP contribution in [0.1, 0.15) is 84.5 Å². The fraction of sp³-hybridized carbons (Fsp3) is 1.00. The largest absolute Gasteiger partial charge is 0.329 e. The molecule has 0 saturated carbocycles. The second-order valence-electron chi connectivity index (χ2n) is 6.24. The summed E-state index contributed by atoms with van der Waals surface area (Å²) in [6.45, 7) is 6.75. The van der Waals surface area contributed by atoms with Gasteiger partial charge in [-0.3, -0.25) is 4.90 Å². The van der Waals surface area contributed by atoms with Crippen LogP contribution in [-0.4, -0.2) is 30.1 Å². The van der Waals surface area contributed by atoms with E-state index in [0.29, 0.717) is 6.04 Å². The molecular formula is C17H36N2. The van der Waals surface area contributed by atoms with Gasteiger partial charge in [0.1, 0.15) is 0 Å². The van der Waals surface area contributed by atoms with Gasteiger partial charge in [0.05, 0.1) is 0 Å². The molecule has 0 aliphatic carbocycles. The van der Waals surface area contributed by atoms with Crippen LogP contribution in [0.4, 0.5) is 0 Å². The Kier molecular flexibility index (Phi) is 9.54. The van der Waals surface area contributed by atoms with E-state index in [0.717, 1.165) is 12.6 Å². The van der Waals surface area contributed by atoms with Crippen LogP contribution in [0.25, 0.3) is 0 Å². The van der Waals surface area contributed by atoms with E-state index in [4.69, 9.17) is 5.73 Å². The Labute approximate surface area is 121 Å². The lowest BCUT2D eigenvalue weighted by molar-refractivity contribution is 0.168. The van der Waals surface area contributed by atoms with Crippen molar-refractivity contribution in [2.75, 3.05) is 13.1 Å². The highest BCUT2D eigenvalue weighted by Crippen LogP contribution is 2.24. The molecule has 0 bridgehead atoms. The summed E-state index contributed by atoms with van der Waals surface area (Å²) in [5, 5.41) is 0. The van der Waals surface area contributed by atoms with E-state index in [2.05, 4.69) is 18.7 Å². The van der Waals surface area contributed by atoms with Crippen LogP contribution >= 0.6 is 0 Å². The Morgan fingerprint density at radius 3 is 2.37 bits per heavy atom. The minimum Gasteiger partial charge on any atom is -0.329 e. The number of nitrogens with two attached hydrogens (primary N) is 1. The van der Waals surface area contributed by atoms with Gasteiger partial charge in [-0.25, -0.2) is 0 Å². The minimum atomic E-state index is 0.656. The van der Waals surface area contributed by atoms with Gasteiger partial charge in [0.25, 0.3) is 0 Å². The van der Waals surface area contributed by atoms with Crippen LogP contribution in [0.5, 0.6) is 0 Å². The average molecular weight is 268 g/mol. The smallest absolute Gasteiger partial charge is 0.0221 e. The first-order valence-electron chi connectivity index (χ1n) is 8.79. The summed E-state index contributed by atoms with van der Waals surface area (Å²) in [5.41, 5.74) is 6.01. The predicted octanol–water partition coefficient (Wildman–Crippen LogP) is 4.33. The molecule has 114 valence electrons. The molecule has 2 unspecified atom stereocenters. The van der Waals surface area contributed by atoms with Crippen LogP contribution in [0, 0.1) is 0 Å². The third kappa shape index (κ3) is 6.27. The van der Waals surface area contributed by atoms with E-state index < -0.39 is 0 Å². The van der Waals surface area contributed by atoms with Gasteiger partial charge < -0.3 is 5.73 Å². The van der Waals surface area contributed by atoms with Crippen LogP contribution in [0.3, 0.4) is 0 Å². The fourth-order valence-corrected chi connectivity index (χ4v) is 3.53. The quantitative estimate of drug-likeness (QED) is 0.565. The minimum absolute atomic E-state index is 0.656. The molecule has 1 heterocycles. The molecule has 0 radical (unpaired) electrons. The topological polar surface area (TPSA) is 29.3 Å². The summed E-state index contributed by atoms with van der Waals surface area (Å²) < 4.78 is 0. The van der Waals surface area contributed by atoms with Crippen molar-refractivity contribution in [1.82, 2.24) is 4.90 Å². The molecule has 2 N–H and O–H groups in total. The summed E-state index contributed by atoms with van der Waals surface area (Å²) in [6, 6.07) is 1.47. The maximum absolute atomic E-state index is 6.01. The standard InChI is InChI=1S/C17H36N2/c1-3-5-6-7-8-9-10-12-17(15-18)19-14-11-13-16(19)4-2/h16-17H,3-15,18H2,1-2H3. The van der Waals surface area contributed by atoms with Crippen molar-refractivity contribution in [3.63, 3.8) is 0 Å². The van der Waals surface area contributed by atoms with Gasteiger partial charge in [-0.15, -0.1) is 0 Å². The molecule has 0 aromatic carbocycles. The molecule has 1 aliphatic rings. The number of rotatable bonds is 11. The predicted molar refractivity (Wildman–Crippen MR) is 85.5 cm³/mol. The molecule has 0 amide bonds. The molecule has 2 heteroatoms. The Balaban J connectivity index is 2.11. The number of likely N-dealkylation sites (tertiary alicyclic amines) is 1. The van der Waals surface area contributed by atoms with Gasteiger partial charge in [-0.05, 0) is 32.2 Å². The third-order valence-electron chi connectivity index (χ3n) is 4.78. The van der Waals surface area contributed by atoms with E-state index in [1.807, 2.05) is 0 Å². The van der Waals surface area contributed by atoms with Crippen molar-refractivity contribution in [3.05, 3.63) is 0 Å². The highest BCUT2D eigenvalue weighted by Gasteiger charge is 2.28. The first-order chi connectivity index (χ1) is 9.33. The molecule has 2 atom stereocenters. The van der Waals surface area contributed by atoms with Gasteiger partial charge in [0, 0.05) is 18.6 Å². The second kappa shape index (κ2) is 10.7. The zero-order valence-electron chi connectivity index (χ0n) is 13.4. The highest BCUT2D eigenvalue weighted by atomic mass is 15.2. The zero-order chi connectivity index (χ0) is 13.9. The lowest BCUT2D eigenvalue weighted by Gasteiger charge is -2.32. The van der Waals surface area contributed by atoms with Gasteiger partial charge in [-0.2, -0.15) is 0 Å². The summed E-state index contributed by atoms with van der Waals surface area (Å²) in [5.74, 6) is 0. The number of unbranched alkanes of at least 4 members (excludes halogenated alkanes) is 6. The molecule has 19 heavy (non-hydrogen) atoms. The first-order valence-corrected chi connectivity index (χ1v) is 8.79. The summed E-state index contributed by atoms with van der Waals surface area (Å²) in [7, 11) is 0. The van der Waals surface area contributed by atoms with E-state index in [-0.39, 0.29) is 0 Å². The van der Waals surface area contributed by atoms with Gasteiger partial charge in [0.2, 0.25) is 0 Å². The average Bonchev–Trinajstić information content (AvgIpc) is 2.90. The fourth-order valence-electron chi connectivity index (χ4n) is 3.53. The van der Waals surface area contributed by atoms with Crippen molar-refractivity contribution in [2.24, 2.45) is 5.73 Å². The molecular weight excluding hydrogens is 232 g/mol. The zero-order valence-corrected chi connectivity index (χ0v) is 13.4. The van der Waals surface area contributed by atoms with E-state index in [9.17, 15) is 0 Å². The lowest BCUT2D eigenvalue weighted by atomic mass is 10.0. The van der Waals surface area contributed by atoms with Crippen molar-refractivity contribution in [2.45, 2.75) is 96.6 Å². The Bertz CT molecular complexity index is 205. The molecule has 0 spiro atoms. The molecule has 0 aromatic rings. The van der Waals surface area contributed by atoms with Crippen molar-refractivity contribution < 1.29 is 0 Å². The maximum atomic E-state index is 6.01. The Morgan fingerprint density at radius 1 is 1.05 bits per heavy atom. The van der Waals surface area contributed by atoms with Gasteiger partial charge in [-0.1, -0.05) is 58.8 Å². The summed E-state index contributed by atoms with van der Waals surface area (Å²) >= 11 is 0. The molecule has 0 aromatic heterocycles. The summed E-state index contributed by atoms with van der Waals surface area (Å²) in [6.07, 6.45) is 15.2. The monoisotopic (exact) mass is 268 g/mol. The third-order valence-corrected chi connectivity index (χ3v) is 4.78. The van der Waals surface area contributed by atoms with Crippen molar-refractivity contribution >= 4 is 0 Å². The van der Waals surface area contributed by atoms with E-state index in [1.54, 1.807) is 0 Å². The number of nitrogens with zero attached hydrogens (tertiary/aromatic N) is 1. The SMILES string of the molecule is CCCCCCCCCC(CN)N1CCCC1CC. The van der Waals surface area contributed by atoms with Crippen LogP contribution in [0.2, 0.25) is 0 Å². The van der Waals surface area contributed by atoms with Crippen molar-refractivity contribution in [1.29, 1.82) is 0 Å². The molecule has 2 nitrogen and oxygen atoms in total. The Hall–Kier alpha value is -0.0800. The molecule has 1 aliphatic heterocycles. The highest BCUT2D eigenvalue weighted by molar-refractivity contribution is 4.84. The van der Waals surface area contributed by atoms with Gasteiger partial charge in [0.15, 0.2) is 0 Å². The second-order valence-corrected chi connectivity index (χ2v) is 6.24. The molecule has 1 saturated heterocycles. The number of hydrogen-bond acceptors (Lipinski definition) is 2. The number of hydrogen-bond donors (Lipinski definition) is 1. The van der Waals surface area contributed by atoms with Crippen LogP contribution in [-0.2, 0) is 0 Å². The lowest BCUT2D eigenvalue weighted by Crippen LogP contribution is -2.43. The summed E-state index contributed by atoms with van der Waals surface area (Å²) in [4.78, 5) is 2.71. The van der Waals surface area contributed by atoms with Crippen molar-refractivity contribution in [3.8, 4) is 0 Å². The molecule has 1 fully saturated rings. The normalized spacial score (nSPS) is 21.9. The van der Waals surface area contributed by atoms with E-state index >= 15 is 0 Å². The van der Waals surface area contributed by atoms with E-state index in [1.165, 1.54) is 77.2 Å². The Morgan fingerprint density at radius 2 is 1.74 bits per heavy atom. The van der Waals surface area contributed by atoms with Crippen LogP contribution < -0.4 is 5.73 Å². The molecule has 1 rings (SSSR count). The van der Waals surface area contributed by atoms with Crippen LogP contribution in [0.15, 0.2) is 0 Å². The maximum Gasteiger partial charge on any atom is 0.0221 e.